The van der Waals surface area contributed by atoms with Crippen LogP contribution in [0.3, 0.4) is 0 Å². The van der Waals surface area contributed by atoms with Gasteiger partial charge in [-0.2, -0.15) is 13.2 Å². The number of carbonyl (C=O) groups excluding carboxylic acids is 2. The van der Waals surface area contributed by atoms with E-state index in [1.807, 2.05) is 4.90 Å². The summed E-state index contributed by atoms with van der Waals surface area (Å²) in [5, 5.41) is 10.4. The van der Waals surface area contributed by atoms with Crippen molar-refractivity contribution >= 4 is 23.3 Å². The number of hydrogen-bond acceptors (Lipinski definition) is 5. The minimum absolute atomic E-state index is 0.0287. The summed E-state index contributed by atoms with van der Waals surface area (Å²) in [4.78, 5) is 27.3. The van der Waals surface area contributed by atoms with E-state index in [9.17, 15) is 22.8 Å². The van der Waals surface area contributed by atoms with E-state index in [1.54, 1.807) is 11.0 Å². The van der Waals surface area contributed by atoms with Gasteiger partial charge in [-0.1, -0.05) is 0 Å². The molecule has 3 rings (SSSR count). The Labute approximate surface area is 159 Å². The van der Waals surface area contributed by atoms with Gasteiger partial charge in [0.25, 0.3) is 5.91 Å². The largest absolute Gasteiger partial charge is 0.416 e. The molecule has 0 atom stereocenters. The topological polar surface area (TPSA) is 78.4 Å². The Bertz CT molecular complexity index is 845. The van der Waals surface area contributed by atoms with Crippen LogP contribution >= 0.6 is 0 Å². The Balaban J connectivity index is 1.60. The van der Waals surface area contributed by atoms with Gasteiger partial charge in [0.05, 0.1) is 5.56 Å². The molecule has 1 saturated heterocycles. The number of halogens is 3. The predicted molar refractivity (Wildman–Crippen MR) is 95.9 cm³/mol. The summed E-state index contributed by atoms with van der Waals surface area (Å²) in [6.45, 7) is 3.94. The van der Waals surface area contributed by atoms with Gasteiger partial charge in [-0.3, -0.25) is 9.59 Å². The number of rotatable bonds is 3. The maximum absolute atomic E-state index is 12.6. The SMILES string of the molecule is CC(=O)N1CCN(c2ccc(C(=O)Nc3ccc(C(F)(F)F)cc3)nn2)CC1. The minimum Gasteiger partial charge on any atom is -0.352 e. The average Bonchev–Trinajstić information content (AvgIpc) is 2.68. The van der Waals surface area contributed by atoms with Crippen LogP contribution in [-0.2, 0) is 11.0 Å². The lowest BCUT2D eigenvalue weighted by molar-refractivity contribution is -0.137. The summed E-state index contributed by atoms with van der Waals surface area (Å²) >= 11 is 0. The van der Waals surface area contributed by atoms with Crippen LogP contribution in [-0.4, -0.2) is 53.1 Å². The van der Waals surface area contributed by atoms with Crippen molar-refractivity contribution in [3.8, 4) is 0 Å². The van der Waals surface area contributed by atoms with Crippen molar-refractivity contribution in [3.05, 3.63) is 47.7 Å². The first kappa shape index (κ1) is 19.6. The maximum atomic E-state index is 12.6. The fourth-order valence-corrected chi connectivity index (χ4v) is 2.80. The Kier molecular flexibility index (Phi) is 5.48. The van der Waals surface area contributed by atoms with Crippen molar-refractivity contribution in [2.75, 3.05) is 36.4 Å². The van der Waals surface area contributed by atoms with Crippen LogP contribution in [0.1, 0.15) is 23.0 Å². The second kappa shape index (κ2) is 7.83. The molecule has 10 heteroatoms. The predicted octanol–water partition coefficient (Wildman–Crippen LogP) is 2.42. The smallest absolute Gasteiger partial charge is 0.352 e. The molecule has 1 aromatic heterocycles. The molecule has 1 N–H and O–H groups in total. The van der Waals surface area contributed by atoms with Crippen LogP contribution in [0.5, 0.6) is 0 Å². The van der Waals surface area contributed by atoms with Crippen LogP contribution in [0, 0.1) is 0 Å². The van der Waals surface area contributed by atoms with Crippen molar-refractivity contribution < 1.29 is 22.8 Å². The number of nitrogens with one attached hydrogen (secondary N) is 1. The molecule has 0 unspecified atom stereocenters. The second-order valence-corrected chi connectivity index (χ2v) is 6.30. The summed E-state index contributed by atoms with van der Waals surface area (Å²) in [6, 6.07) is 7.29. The van der Waals surface area contributed by atoms with Gasteiger partial charge in [-0.25, -0.2) is 0 Å². The van der Waals surface area contributed by atoms with E-state index in [2.05, 4.69) is 15.5 Å². The summed E-state index contributed by atoms with van der Waals surface area (Å²) in [5.74, 6) is 0.0514. The molecule has 1 aliphatic rings. The zero-order valence-electron chi connectivity index (χ0n) is 15.0. The number of anilines is 2. The van der Waals surface area contributed by atoms with E-state index >= 15 is 0 Å². The third-order valence-corrected chi connectivity index (χ3v) is 4.40. The van der Waals surface area contributed by atoms with Gasteiger partial charge in [-0.15, -0.1) is 10.2 Å². The molecule has 1 aromatic carbocycles. The number of nitrogens with zero attached hydrogens (tertiary/aromatic N) is 4. The van der Waals surface area contributed by atoms with Crippen molar-refractivity contribution in [1.29, 1.82) is 0 Å². The summed E-state index contributed by atoms with van der Waals surface area (Å²) < 4.78 is 37.7. The van der Waals surface area contributed by atoms with Crippen LogP contribution in [0.25, 0.3) is 0 Å². The summed E-state index contributed by atoms with van der Waals surface area (Å²) in [5.41, 5.74) is -0.519. The minimum atomic E-state index is -4.43. The van der Waals surface area contributed by atoms with Gasteiger partial charge in [0.15, 0.2) is 11.5 Å². The van der Waals surface area contributed by atoms with Crippen LogP contribution < -0.4 is 10.2 Å². The third kappa shape index (κ3) is 4.56. The number of piperazine rings is 1. The summed E-state index contributed by atoms with van der Waals surface area (Å²) in [7, 11) is 0. The number of benzene rings is 1. The molecule has 0 bridgehead atoms. The normalized spacial score (nSPS) is 14.7. The van der Waals surface area contributed by atoms with E-state index in [-0.39, 0.29) is 17.3 Å². The highest BCUT2D eigenvalue weighted by molar-refractivity contribution is 6.02. The number of alkyl halides is 3. The monoisotopic (exact) mass is 393 g/mol. The first-order valence-corrected chi connectivity index (χ1v) is 8.57. The van der Waals surface area contributed by atoms with Gasteiger partial charge < -0.3 is 15.1 Å². The first-order valence-electron chi connectivity index (χ1n) is 8.57. The van der Waals surface area contributed by atoms with Crippen LogP contribution in [0.2, 0.25) is 0 Å². The number of carbonyl (C=O) groups is 2. The van der Waals surface area contributed by atoms with Crippen molar-refractivity contribution in [2.45, 2.75) is 13.1 Å². The lowest BCUT2D eigenvalue weighted by atomic mass is 10.2. The zero-order chi connectivity index (χ0) is 20.3. The zero-order valence-corrected chi connectivity index (χ0v) is 15.0. The van der Waals surface area contributed by atoms with E-state index in [0.29, 0.717) is 32.0 Å². The number of amides is 2. The lowest BCUT2D eigenvalue weighted by Gasteiger charge is -2.34. The second-order valence-electron chi connectivity index (χ2n) is 6.30. The molecule has 28 heavy (non-hydrogen) atoms. The highest BCUT2D eigenvalue weighted by Gasteiger charge is 2.30. The maximum Gasteiger partial charge on any atom is 0.416 e. The van der Waals surface area contributed by atoms with E-state index in [1.165, 1.54) is 25.1 Å². The van der Waals surface area contributed by atoms with E-state index in [4.69, 9.17) is 0 Å². The molecule has 2 aromatic rings. The third-order valence-electron chi connectivity index (χ3n) is 4.40. The van der Waals surface area contributed by atoms with Gasteiger partial charge in [0.2, 0.25) is 5.91 Å². The molecule has 0 spiro atoms. The van der Waals surface area contributed by atoms with Crippen molar-refractivity contribution in [3.63, 3.8) is 0 Å². The molecule has 0 saturated carbocycles. The average molecular weight is 393 g/mol. The highest BCUT2D eigenvalue weighted by Crippen LogP contribution is 2.29. The summed E-state index contributed by atoms with van der Waals surface area (Å²) in [6.07, 6.45) is -4.43. The molecule has 0 radical (unpaired) electrons. The van der Waals surface area contributed by atoms with E-state index in [0.717, 1.165) is 12.1 Å². The number of aromatic nitrogens is 2. The Hall–Kier alpha value is -3.17. The van der Waals surface area contributed by atoms with Gasteiger partial charge in [0.1, 0.15) is 0 Å². The van der Waals surface area contributed by atoms with Crippen LogP contribution in [0.4, 0.5) is 24.7 Å². The fraction of sp³-hybridized carbons (Fsp3) is 0.333. The van der Waals surface area contributed by atoms with Gasteiger partial charge in [0, 0.05) is 38.8 Å². The Morgan fingerprint density at radius 1 is 0.964 bits per heavy atom. The molecule has 2 heterocycles. The van der Waals surface area contributed by atoms with E-state index < -0.39 is 17.6 Å². The Morgan fingerprint density at radius 2 is 1.61 bits per heavy atom. The molecule has 0 aliphatic carbocycles. The van der Waals surface area contributed by atoms with Crippen molar-refractivity contribution in [1.82, 2.24) is 15.1 Å². The van der Waals surface area contributed by atoms with Crippen molar-refractivity contribution in [2.24, 2.45) is 0 Å². The molecular weight excluding hydrogens is 375 g/mol. The molecule has 7 nitrogen and oxygen atoms in total. The first-order chi connectivity index (χ1) is 13.2. The number of hydrogen-bond donors (Lipinski definition) is 1. The van der Waals surface area contributed by atoms with Crippen LogP contribution in [0.15, 0.2) is 36.4 Å². The molecular formula is C18H18F3N5O2. The quantitative estimate of drug-likeness (QED) is 0.867. The van der Waals surface area contributed by atoms with Gasteiger partial charge >= 0.3 is 6.18 Å². The fourth-order valence-electron chi connectivity index (χ4n) is 2.80. The molecule has 148 valence electrons. The standard InChI is InChI=1S/C18H18F3N5O2/c1-12(27)25-8-10-26(11-9-25)16-7-6-15(23-24-16)17(28)22-14-4-2-13(3-5-14)18(19,20)21/h2-7H,8-11H2,1H3,(H,22,28). The Morgan fingerprint density at radius 3 is 2.11 bits per heavy atom. The highest BCUT2D eigenvalue weighted by atomic mass is 19.4. The lowest BCUT2D eigenvalue weighted by Crippen LogP contribution is -2.48. The molecule has 1 fully saturated rings. The molecule has 1 aliphatic heterocycles. The van der Waals surface area contributed by atoms with Gasteiger partial charge in [-0.05, 0) is 36.4 Å². The molecule has 2 amide bonds.